The second-order valence-corrected chi connectivity index (χ2v) is 9.64. The number of nitrogens with zero attached hydrogens (tertiary/aromatic N) is 2. The van der Waals surface area contributed by atoms with Gasteiger partial charge in [0.25, 0.3) is 0 Å². The third kappa shape index (κ3) is 5.16. The first-order chi connectivity index (χ1) is 16.4. The van der Waals surface area contributed by atoms with Crippen LogP contribution in [0.4, 0.5) is 10.7 Å². The second kappa shape index (κ2) is 10.4. The number of esters is 1. The van der Waals surface area contributed by atoms with Crippen LogP contribution in [0.15, 0.2) is 47.8 Å². The zero-order chi connectivity index (χ0) is 24.2. The molecule has 6 nitrogen and oxygen atoms in total. The van der Waals surface area contributed by atoms with Crippen molar-refractivity contribution in [2.45, 2.75) is 20.8 Å². The molecule has 1 aliphatic rings. The number of methoxy groups -OCH3 is 1. The second-order valence-electron chi connectivity index (χ2n) is 8.76. The number of nitrogens with one attached hydrogen (secondary N) is 1. The molecule has 0 unspecified atom stereocenters. The van der Waals surface area contributed by atoms with Crippen molar-refractivity contribution in [3.05, 3.63) is 70.1 Å². The first-order valence-corrected chi connectivity index (χ1v) is 12.4. The van der Waals surface area contributed by atoms with E-state index >= 15 is 0 Å². The fraction of sp³-hybridized carbons (Fsp3) is 0.333. The summed E-state index contributed by atoms with van der Waals surface area (Å²) in [6.45, 7) is 9.83. The highest BCUT2D eigenvalue weighted by Crippen LogP contribution is 2.38. The highest BCUT2D eigenvalue weighted by molar-refractivity contribution is 7.15. The molecule has 178 valence electrons. The molecule has 4 rings (SSSR count). The maximum atomic E-state index is 12.9. The van der Waals surface area contributed by atoms with Gasteiger partial charge in [-0.2, -0.15) is 0 Å². The van der Waals surface area contributed by atoms with Gasteiger partial charge >= 0.3 is 5.97 Å². The first-order valence-electron chi connectivity index (χ1n) is 11.5. The number of carbonyl (C=O) groups excluding carboxylic acids is 2. The average molecular weight is 478 g/mol. The molecule has 0 spiro atoms. The lowest BCUT2D eigenvalue weighted by Gasteiger charge is -2.36. The van der Waals surface area contributed by atoms with E-state index in [0.29, 0.717) is 17.1 Å². The van der Waals surface area contributed by atoms with Crippen LogP contribution in [0.3, 0.4) is 0 Å². The van der Waals surface area contributed by atoms with Gasteiger partial charge in [0.05, 0.1) is 13.7 Å². The number of aryl methyl sites for hydroxylation is 3. The number of hydrogen-bond donors (Lipinski definition) is 1. The van der Waals surface area contributed by atoms with E-state index in [1.807, 2.05) is 31.4 Å². The summed E-state index contributed by atoms with van der Waals surface area (Å²) in [4.78, 5) is 30.1. The van der Waals surface area contributed by atoms with E-state index < -0.39 is 5.97 Å². The van der Waals surface area contributed by atoms with E-state index in [9.17, 15) is 9.59 Å². The van der Waals surface area contributed by atoms with Gasteiger partial charge in [-0.3, -0.25) is 9.69 Å². The molecule has 1 aliphatic heterocycles. The summed E-state index contributed by atoms with van der Waals surface area (Å²) in [6, 6.07) is 14.5. The highest BCUT2D eigenvalue weighted by Gasteiger charge is 2.25. The average Bonchev–Trinajstić information content (AvgIpc) is 3.24. The molecule has 2 heterocycles. The van der Waals surface area contributed by atoms with Gasteiger partial charge in [0.1, 0.15) is 10.6 Å². The summed E-state index contributed by atoms with van der Waals surface area (Å²) in [7, 11) is 1.37. The molecule has 0 atom stereocenters. The summed E-state index contributed by atoms with van der Waals surface area (Å²) in [5.74, 6) is -0.567. The largest absolute Gasteiger partial charge is 0.465 e. The van der Waals surface area contributed by atoms with Crippen LogP contribution in [0.25, 0.3) is 11.1 Å². The van der Waals surface area contributed by atoms with E-state index in [-0.39, 0.29) is 5.91 Å². The summed E-state index contributed by atoms with van der Waals surface area (Å²) < 4.78 is 5.06. The van der Waals surface area contributed by atoms with Gasteiger partial charge in [-0.05, 0) is 43.5 Å². The van der Waals surface area contributed by atoms with Gasteiger partial charge in [0.2, 0.25) is 5.91 Å². The number of hydrogen-bond acceptors (Lipinski definition) is 6. The Hall–Kier alpha value is -3.16. The molecule has 1 saturated heterocycles. The molecule has 0 aliphatic carbocycles. The van der Waals surface area contributed by atoms with Crippen molar-refractivity contribution < 1.29 is 14.3 Å². The Morgan fingerprint density at radius 3 is 2.41 bits per heavy atom. The molecule has 3 aromatic rings. The molecule has 1 aromatic heterocycles. The van der Waals surface area contributed by atoms with Gasteiger partial charge in [-0.1, -0.05) is 42.0 Å². The number of amides is 1. The maximum absolute atomic E-state index is 12.9. The minimum absolute atomic E-state index is 0.121. The minimum Gasteiger partial charge on any atom is -0.465 e. The smallest absolute Gasteiger partial charge is 0.341 e. The summed E-state index contributed by atoms with van der Waals surface area (Å²) in [6.07, 6.45) is 0. The monoisotopic (exact) mass is 477 g/mol. The number of rotatable bonds is 6. The van der Waals surface area contributed by atoms with E-state index in [1.54, 1.807) is 0 Å². The molecular weight excluding hydrogens is 446 g/mol. The number of carbonyl (C=O) groups is 2. The zero-order valence-electron chi connectivity index (χ0n) is 20.2. The van der Waals surface area contributed by atoms with Crippen molar-refractivity contribution in [3.63, 3.8) is 0 Å². The van der Waals surface area contributed by atoms with E-state index in [1.165, 1.54) is 29.7 Å². The van der Waals surface area contributed by atoms with Crippen LogP contribution in [0.5, 0.6) is 0 Å². The Balaban J connectivity index is 1.44. The van der Waals surface area contributed by atoms with Crippen LogP contribution in [0.2, 0.25) is 0 Å². The Labute approximate surface area is 205 Å². The van der Waals surface area contributed by atoms with Gasteiger partial charge in [-0.25, -0.2) is 4.79 Å². The van der Waals surface area contributed by atoms with Crippen molar-refractivity contribution in [2.24, 2.45) is 0 Å². The van der Waals surface area contributed by atoms with Crippen LogP contribution in [-0.2, 0) is 9.53 Å². The van der Waals surface area contributed by atoms with Crippen LogP contribution in [0.1, 0.15) is 27.0 Å². The number of ether oxygens (including phenoxy) is 1. The SMILES string of the molecule is COC(=O)c1c(-c2cc(C)ccc2C)csc1NC(=O)CN1CCN(c2ccccc2C)CC1. The molecule has 0 radical (unpaired) electrons. The van der Waals surface area contributed by atoms with Crippen molar-refractivity contribution in [2.75, 3.05) is 50.1 Å². The van der Waals surface area contributed by atoms with E-state index in [2.05, 4.69) is 52.4 Å². The molecule has 2 aromatic carbocycles. The quantitative estimate of drug-likeness (QED) is 0.513. The predicted molar refractivity (Wildman–Crippen MR) is 139 cm³/mol. The van der Waals surface area contributed by atoms with Crippen molar-refractivity contribution in [1.82, 2.24) is 4.90 Å². The normalized spacial score (nSPS) is 14.2. The number of piperazine rings is 1. The Bertz CT molecular complexity index is 1200. The molecule has 1 N–H and O–H groups in total. The molecule has 34 heavy (non-hydrogen) atoms. The van der Waals surface area contributed by atoms with Gasteiger partial charge in [-0.15, -0.1) is 11.3 Å². The van der Waals surface area contributed by atoms with Crippen molar-refractivity contribution >= 4 is 33.9 Å². The summed E-state index contributed by atoms with van der Waals surface area (Å²) >= 11 is 1.36. The van der Waals surface area contributed by atoms with E-state index in [0.717, 1.165) is 48.4 Å². The van der Waals surface area contributed by atoms with Crippen LogP contribution in [-0.4, -0.2) is 56.6 Å². The third-order valence-corrected chi connectivity index (χ3v) is 7.21. The van der Waals surface area contributed by atoms with Crippen molar-refractivity contribution in [1.29, 1.82) is 0 Å². The highest BCUT2D eigenvalue weighted by atomic mass is 32.1. The fourth-order valence-corrected chi connectivity index (χ4v) is 5.38. The molecule has 0 bridgehead atoms. The molecule has 7 heteroatoms. The lowest BCUT2D eigenvalue weighted by Crippen LogP contribution is -2.48. The zero-order valence-corrected chi connectivity index (χ0v) is 21.0. The van der Waals surface area contributed by atoms with Crippen LogP contribution >= 0.6 is 11.3 Å². The first kappa shape index (κ1) is 24.0. The molecule has 0 saturated carbocycles. The number of benzene rings is 2. The summed E-state index contributed by atoms with van der Waals surface area (Å²) in [5.41, 5.74) is 6.88. The third-order valence-electron chi connectivity index (χ3n) is 6.31. The predicted octanol–water partition coefficient (Wildman–Crippen LogP) is 4.89. The molecule has 1 fully saturated rings. The number of thiophene rings is 1. The lowest BCUT2D eigenvalue weighted by molar-refractivity contribution is -0.117. The van der Waals surface area contributed by atoms with Gasteiger partial charge < -0.3 is 15.0 Å². The Morgan fingerprint density at radius 1 is 0.971 bits per heavy atom. The lowest BCUT2D eigenvalue weighted by atomic mass is 9.97. The number of para-hydroxylation sites is 1. The van der Waals surface area contributed by atoms with Crippen LogP contribution < -0.4 is 10.2 Å². The minimum atomic E-state index is -0.445. The fourth-order valence-electron chi connectivity index (χ4n) is 4.41. The molecular formula is C27H31N3O3S. The van der Waals surface area contributed by atoms with Gasteiger partial charge in [0.15, 0.2) is 0 Å². The van der Waals surface area contributed by atoms with Gasteiger partial charge in [0, 0.05) is 42.8 Å². The Kier molecular flexibility index (Phi) is 7.34. The topological polar surface area (TPSA) is 61.9 Å². The maximum Gasteiger partial charge on any atom is 0.341 e. The standard InChI is InChI=1S/C27H31N3O3S/c1-18-9-10-19(2)21(15-18)22-17-34-26(25(22)27(32)33-4)28-24(31)16-29-11-13-30(14-12-29)23-8-6-5-7-20(23)3/h5-10,15,17H,11-14,16H2,1-4H3,(H,28,31). The van der Waals surface area contributed by atoms with E-state index in [4.69, 9.17) is 4.74 Å². The molecule has 1 amide bonds. The number of anilines is 2. The Morgan fingerprint density at radius 2 is 1.71 bits per heavy atom. The van der Waals surface area contributed by atoms with Crippen molar-refractivity contribution in [3.8, 4) is 11.1 Å². The van der Waals surface area contributed by atoms with Crippen LogP contribution in [0, 0.1) is 20.8 Å². The summed E-state index contributed by atoms with van der Waals surface area (Å²) in [5, 5.41) is 5.43.